The fourth-order valence-corrected chi connectivity index (χ4v) is 2.57. The van der Waals surface area contributed by atoms with Crippen LogP contribution in [0, 0.1) is 0 Å². The van der Waals surface area contributed by atoms with Crippen molar-refractivity contribution < 1.29 is 9.21 Å². The molecule has 2 aromatic carbocycles. The predicted molar refractivity (Wildman–Crippen MR) is 96.2 cm³/mol. The number of amides is 1. The van der Waals surface area contributed by atoms with Gasteiger partial charge in [-0.25, -0.2) is 4.98 Å². The first-order valence-electron chi connectivity index (χ1n) is 7.63. The van der Waals surface area contributed by atoms with Crippen LogP contribution in [0.2, 0.25) is 0 Å². The fraction of sp³-hybridized carbons (Fsp3) is 0. The van der Waals surface area contributed by atoms with E-state index < -0.39 is 0 Å². The van der Waals surface area contributed by atoms with E-state index in [0.29, 0.717) is 22.2 Å². The number of imidazole rings is 1. The second kappa shape index (κ2) is 6.09. The summed E-state index contributed by atoms with van der Waals surface area (Å²) in [5.41, 5.74) is 2.95. The second-order valence-electron chi connectivity index (χ2n) is 5.47. The zero-order chi connectivity index (χ0) is 17.2. The number of anilines is 1. The zero-order valence-corrected chi connectivity index (χ0v) is 13.0. The number of fused-ring (bicyclic) bond motifs is 2. The Morgan fingerprint density at radius 3 is 3.00 bits per heavy atom. The summed E-state index contributed by atoms with van der Waals surface area (Å²) >= 11 is 0. The van der Waals surface area contributed by atoms with Crippen molar-refractivity contribution in [1.82, 2.24) is 9.97 Å². The average molecular weight is 331 g/mol. The van der Waals surface area contributed by atoms with Crippen LogP contribution < -0.4 is 10.7 Å². The summed E-state index contributed by atoms with van der Waals surface area (Å²) in [6.45, 7) is 0. The molecule has 4 rings (SSSR count). The summed E-state index contributed by atoms with van der Waals surface area (Å²) in [5, 5.41) is 3.23. The molecule has 0 saturated carbocycles. The van der Waals surface area contributed by atoms with Gasteiger partial charge in [0, 0.05) is 11.8 Å². The smallest absolute Gasteiger partial charge is 0.248 e. The Morgan fingerprint density at radius 1 is 1.20 bits per heavy atom. The van der Waals surface area contributed by atoms with Crippen molar-refractivity contribution >= 4 is 39.7 Å². The van der Waals surface area contributed by atoms with Gasteiger partial charge in [0.1, 0.15) is 11.8 Å². The quantitative estimate of drug-likeness (QED) is 0.564. The maximum atomic E-state index is 12.4. The number of carbonyl (C=O) groups is 1. The maximum absolute atomic E-state index is 12.4. The molecule has 0 saturated heterocycles. The van der Waals surface area contributed by atoms with Crippen LogP contribution in [0.25, 0.3) is 28.1 Å². The van der Waals surface area contributed by atoms with E-state index in [4.69, 9.17) is 4.42 Å². The van der Waals surface area contributed by atoms with E-state index in [2.05, 4.69) is 15.3 Å². The van der Waals surface area contributed by atoms with Crippen LogP contribution in [0.5, 0.6) is 0 Å². The van der Waals surface area contributed by atoms with Crippen molar-refractivity contribution in [3.8, 4) is 0 Å². The first-order chi connectivity index (χ1) is 12.2. The van der Waals surface area contributed by atoms with Gasteiger partial charge in [-0.2, -0.15) is 0 Å². The Bertz CT molecular complexity index is 1170. The predicted octanol–water partition coefficient (Wildman–Crippen LogP) is 3.32. The monoisotopic (exact) mass is 331 g/mol. The molecular formula is C19H13N3O3. The summed E-state index contributed by atoms with van der Waals surface area (Å²) in [4.78, 5) is 31.5. The Labute approximate surface area is 141 Å². The van der Waals surface area contributed by atoms with Gasteiger partial charge in [-0.1, -0.05) is 12.1 Å². The fourth-order valence-electron chi connectivity index (χ4n) is 2.57. The van der Waals surface area contributed by atoms with Gasteiger partial charge in [-0.15, -0.1) is 0 Å². The van der Waals surface area contributed by atoms with Crippen LogP contribution in [-0.4, -0.2) is 15.9 Å². The van der Waals surface area contributed by atoms with Crippen molar-refractivity contribution in [2.45, 2.75) is 0 Å². The number of aromatic nitrogens is 2. The number of benzene rings is 2. The molecule has 0 bridgehead atoms. The average Bonchev–Trinajstić information content (AvgIpc) is 3.09. The third kappa shape index (κ3) is 2.92. The molecule has 0 unspecified atom stereocenters. The van der Waals surface area contributed by atoms with Gasteiger partial charge in [-0.3, -0.25) is 9.59 Å². The number of nitrogens with zero attached hydrogens (tertiary/aromatic N) is 1. The molecule has 0 aliphatic rings. The number of H-pyrrole nitrogens is 1. The lowest BCUT2D eigenvalue weighted by Gasteiger charge is -2.02. The Balaban J connectivity index is 1.55. The molecule has 0 radical (unpaired) electrons. The van der Waals surface area contributed by atoms with Gasteiger partial charge in [0.05, 0.1) is 28.3 Å². The highest BCUT2D eigenvalue weighted by Gasteiger charge is 2.05. The molecular weight excluding hydrogens is 318 g/mol. The number of hydrogen-bond donors (Lipinski definition) is 2. The van der Waals surface area contributed by atoms with Gasteiger partial charge in [0.2, 0.25) is 5.91 Å². The molecule has 4 aromatic rings. The van der Waals surface area contributed by atoms with Crippen molar-refractivity contribution in [3.63, 3.8) is 0 Å². The van der Waals surface area contributed by atoms with Crippen LogP contribution in [-0.2, 0) is 4.79 Å². The van der Waals surface area contributed by atoms with E-state index in [1.165, 1.54) is 18.4 Å². The van der Waals surface area contributed by atoms with Gasteiger partial charge in [0.15, 0.2) is 5.43 Å². The molecule has 122 valence electrons. The van der Waals surface area contributed by atoms with Crippen LogP contribution in [0.1, 0.15) is 5.56 Å². The van der Waals surface area contributed by atoms with Gasteiger partial charge < -0.3 is 14.7 Å². The van der Waals surface area contributed by atoms with Crippen molar-refractivity contribution in [3.05, 3.63) is 76.9 Å². The van der Waals surface area contributed by atoms with E-state index >= 15 is 0 Å². The van der Waals surface area contributed by atoms with Crippen molar-refractivity contribution in [2.75, 3.05) is 5.32 Å². The van der Waals surface area contributed by atoms with Crippen LogP contribution in [0.4, 0.5) is 5.69 Å². The van der Waals surface area contributed by atoms with E-state index in [1.807, 2.05) is 6.07 Å². The minimum absolute atomic E-state index is 0.176. The Hall–Kier alpha value is -3.67. The third-order valence-electron chi connectivity index (χ3n) is 3.81. The molecule has 2 aromatic heterocycles. The number of nitrogens with one attached hydrogen (secondary N) is 2. The van der Waals surface area contributed by atoms with Crippen LogP contribution >= 0.6 is 0 Å². The summed E-state index contributed by atoms with van der Waals surface area (Å²) in [6, 6.07) is 12.3. The summed E-state index contributed by atoms with van der Waals surface area (Å²) < 4.78 is 5.42. The van der Waals surface area contributed by atoms with Crippen molar-refractivity contribution in [2.24, 2.45) is 0 Å². The minimum Gasteiger partial charge on any atom is -0.463 e. The molecule has 0 fully saturated rings. The summed E-state index contributed by atoms with van der Waals surface area (Å²) in [5.74, 6) is -0.341. The molecule has 0 aliphatic carbocycles. The molecule has 6 nitrogen and oxygen atoms in total. The van der Waals surface area contributed by atoms with E-state index in [-0.39, 0.29) is 11.3 Å². The molecule has 2 N–H and O–H groups in total. The Kier molecular flexibility index (Phi) is 3.63. The van der Waals surface area contributed by atoms with Crippen molar-refractivity contribution in [1.29, 1.82) is 0 Å². The standard InChI is InChI=1S/C19H13N3O3/c23-18(22-13-6-7-15-16(9-13)21-11-20-15)8-5-12-10-25-17-4-2-1-3-14(17)19(12)24/h1-11H,(H,20,21)(H,22,23)/b8-5+. The highest BCUT2D eigenvalue weighted by atomic mass is 16.3. The number of para-hydroxylation sites is 1. The first kappa shape index (κ1) is 14.9. The number of hydrogen-bond acceptors (Lipinski definition) is 4. The second-order valence-corrected chi connectivity index (χ2v) is 5.47. The normalized spacial score (nSPS) is 11.4. The van der Waals surface area contributed by atoms with E-state index in [0.717, 1.165) is 11.0 Å². The molecule has 0 atom stereocenters. The molecule has 6 heteroatoms. The number of carbonyl (C=O) groups excluding carboxylic acids is 1. The first-order valence-corrected chi connectivity index (χ1v) is 7.63. The summed E-state index contributed by atoms with van der Waals surface area (Å²) in [7, 11) is 0. The van der Waals surface area contributed by atoms with Gasteiger partial charge in [-0.05, 0) is 36.4 Å². The molecule has 1 amide bonds. The maximum Gasteiger partial charge on any atom is 0.248 e. The Morgan fingerprint density at radius 2 is 2.08 bits per heavy atom. The molecule has 0 aliphatic heterocycles. The number of aromatic amines is 1. The molecule has 25 heavy (non-hydrogen) atoms. The SMILES string of the molecule is O=C(/C=C/c1coc2ccccc2c1=O)Nc1ccc2nc[nH]c2c1. The summed E-state index contributed by atoms with van der Waals surface area (Å²) in [6.07, 6.45) is 5.70. The largest absolute Gasteiger partial charge is 0.463 e. The van der Waals surface area contributed by atoms with Crippen LogP contribution in [0.15, 0.2) is 70.3 Å². The lowest BCUT2D eigenvalue weighted by atomic mass is 10.1. The minimum atomic E-state index is -0.341. The van der Waals surface area contributed by atoms with Gasteiger partial charge in [0.25, 0.3) is 0 Å². The number of rotatable bonds is 3. The highest BCUT2D eigenvalue weighted by molar-refractivity contribution is 6.02. The van der Waals surface area contributed by atoms with Crippen LogP contribution in [0.3, 0.4) is 0 Å². The lowest BCUT2D eigenvalue weighted by Crippen LogP contribution is -2.09. The highest BCUT2D eigenvalue weighted by Crippen LogP contribution is 2.16. The molecule has 2 heterocycles. The zero-order valence-electron chi connectivity index (χ0n) is 13.0. The van der Waals surface area contributed by atoms with E-state index in [1.54, 1.807) is 42.7 Å². The van der Waals surface area contributed by atoms with Gasteiger partial charge >= 0.3 is 0 Å². The lowest BCUT2D eigenvalue weighted by molar-refractivity contribution is -0.111. The third-order valence-corrected chi connectivity index (χ3v) is 3.81. The topological polar surface area (TPSA) is 88.0 Å². The van der Waals surface area contributed by atoms with E-state index in [9.17, 15) is 9.59 Å². The molecule has 0 spiro atoms.